The van der Waals surface area contributed by atoms with Crippen molar-refractivity contribution in [2.24, 2.45) is 17.3 Å². The molecule has 0 radical (unpaired) electrons. The summed E-state index contributed by atoms with van der Waals surface area (Å²) in [6.07, 6.45) is 5.75. The lowest BCUT2D eigenvalue weighted by molar-refractivity contribution is -0.117. The summed E-state index contributed by atoms with van der Waals surface area (Å²) in [5.74, 6) is 1.06. The van der Waals surface area contributed by atoms with Crippen LogP contribution in [0, 0.1) is 17.3 Å². The van der Waals surface area contributed by atoms with E-state index in [-0.39, 0.29) is 11.2 Å². The number of rotatable bonds is 1. The SMILES string of the molecule is CC1=CC(=O)C[C@@H](C)[C@]12CC[C@H](C(C)(C)O)C2. The van der Waals surface area contributed by atoms with Crippen molar-refractivity contribution in [1.29, 1.82) is 0 Å². The zero-order chi connectivity index (χ0) is 12.8. The van der Waals surface area contributed by atoms with Crippen LogP contribution in [0.3, 0.4) is 0 Å². The molecule has 0 aromatic carbocycles. The smallest absolute Gasteiger partial charge is 0.155 e. The minimum Gasteiger partial charge on any atom is -0.390 e. The highest BCUT2D eigenvalue weighted by Crippen LogP contribution is 2.56. The predicted octanol–water partition coefficient (Wildman–Crippen LogP) is 3.10. The number of aliphatic hydroxyl groups is 1. The Kier molecular flexibility index (Phi) is 2.97. The topological polar surface area (TPSA) is 37.3 Å². The van der Waals surface area contributed by atoms with Gasteiger partial charge in [-0.25, -0.2) is 0 Å². The van der Waals surface area contributed by atoms with Crippen molar-refractivity contribution in [3.05, 3.63) is 11.6 Å². The summed E-state index contributed by atoms with van der Waals surface area (Å²) >= 11 is 0. The van der Waals surface area contributed by atoms with Crippen LogP contribution in [0.15, 0.2) is 11.6 Å². The fourth-order valence-corrected chi connectivity index (χ4v) is 3.81. The van der Waals surface area contributed by atoms with Gasteiger partial charge in [-0.2, -0.15) is 0 Å². The maximum Gasteiger partial charge on any atom is 0.155 e. The van der Waals surface area contributed by atoms with E-state index in [1.807, 2.05) is 19.9 Å². The molecule has 0 unspecified atom stereocenters. The highest BCUT2D eigenvalue weighted by Gasteiger charge is 2.49. The van der Waals surface area contributed by atoms with E-state index in [9.17, 15) is 9.90 Å². The van der Waals surface area contributed by atoms with Crippen LogP contribution in [0.4, 0.5) is 0 Å². The molecule has 2 aliphatic carbocycles. The van der Waals surface area contributed by atoms with Gasteiger partial charge in [-0.3, -0.25) is 4.79 Å². The lowest BCUT2D eigenvalue weighted by Gasteiger charge is -2.40. The molecular weight excluding hydrogens is 212 g/mol. The highest BCUT2D eigenvalue weighted by molar-refractivity contribution is 5.91. The number of carbonyl (C=O) groups excluding carboxylic acids is 1. The van der Waals surface area contributed by atoms with Crippen molar-refractivity contribution in [3.8, 4) is 0 Å². The van der Waals surface area contributed by atoms with Gasteiger partial charge in [-0.1, -0.05) is 12.5 Å². The Balaban J connectivity index is 2.27. The molecule has 3 atom stereocenters. The monoisotopic (exact) mass is 236 g/mol. The molecule has 2 rings (SSSR count). The molecule has 17 heavy (non-hydrogen) atoms. The first-order chi connectivity index (χ1) is 7.75. The van der Waals surface area contributed by atoms with Crippen LogP contribution in [0.25, 0.3) is 0 Å². The van der Waals surface area contributed by atoms with E-state index < -0.39 is 5.60 Å². The van der Waals surface area contributed by atoms with Gasteiger partial charge in [0, 0.05) is 6.42 Å². The molecule has 0 aromatic heterocycles. The molecule has 0 bridgehead atoms. The Labute approximate surface area is 104 Å². The zero-order valence-corrected chi connectivity index (χ0v) is 11.4. The normalized spacial score (nSPS) is 38.6. The van der Waals surface area contributed by atoms with Crippen LogP contribution in [-0.4, -0.2) is 16.5 Å². The second kappa shape index (κ2) is 3.94. The van der Waals surface area contributed by atoms with Crippen LogP contribution in [0.2, 0.25) is 0 Å². The summed E-state index contributed by atoms with van der Waals surface area (Å²) in [5.41, 5.74) is 0.830. The third-order valence-corrected chi connectivity index (χ3v) is 5.16. The Morgan fingerprint density at radius 1 is 1.47 bits per heavy atom. The van der Waals surface area contributed by atoms with Crippen molar-refractivity contribution in [3.63, 3.8) is 0 Å². The average molecular weight is 236 g/mol. The van der Waals surface area contributed by atoms with Crippen LogP contribution in [-0.2, 0) is 4.79 Å². The Hall–Kier alpha value is -0.630. The van der Waals surface area contributed by atoms with Crippen LogP contribution < -0.4 is 0 Å². The molecule has 0 heterocycles. The molecule has 2 aliphatic rings. The van der Waals surface area contributed by atoms with Gasteiger partial charge < -0.3 is 5.11 Å². The van der Waals surface area contributed by atoms with E-state index in [4.69, 9.17) is 0 Å². The van der Waals surface area contributed by atoms with Gasteiger partial charge in [0.25, 0.3) is 0 Å². The van der Waals surface area contributed by atoms with Crippen molar-refractivity contribution in [2.75, 3.05) is 0 Å². The lowest BCUT2D eigenvalue weighted by Crippen LogP contribution is -2.35. The van der Waals surface area contributed by atoms with Gasteiger partial charge >= 0.3 is 0 Å². The molecule has 0 aliphatic heterocycles. The third-order valence-electron chi connectivity index (χ3n) is 5.16. The molecule has 1 saturated carbocycles. The van der Waals surface area contributed by atoms with Crippen LogP contribution in [0.1, 0.15) is 53.4 Å². The third kappa shape index (κ3) is 2.08. The number of carbonyl (C=O) groups is 1. The minimum atomic E-state index is -0.592. The van der Waals surface area contributed by atoms with E-state index >= 15 is 0 Å². The molecule has 1 N–H and O–H groups in total. The van der Waals surface area contributed by atoms with Gasteiger partial charge in [0.1, 0.15) is 0 Å². The summed E-state index contributed by atoms with van der Waals surface area (Å²) in [6.45, 7) is 8.12. The second-order valence-electron chi connectivity index (χ2n) is 6.65. The first-order valence-corrected chi connectivity index (χ1v) is 6.70. The molecule has 1 fully saturated rings. The lowest BCUT2D eigenvalue weighted by atomic mass is 9.64. The molecule has 2 nitrogen and oxygen atoms in total. The summed E-state index contributed by atoms with van der Waals surface area (Å²) in [5, 5.41) is 10.2. The maximum absolute atomic E-state index is 11.6. The second-order valence-corrected chi connectivity index (χ2v) is 6.65. The maximum atomic E-state index is 11.6. The molecule has 96 valence electrons. The van der Waals surface area contributed by atoms with Gasteiger partial charge in [0.15, 0.2) is 5.78 Å². The van der Waals surface area contributed by atoms with E-state index in [2.05, 4.69) is 13.8 Å². The van der Waals surface area contributed by atoms with Gasteiger partial charge in [0.05, 0.1) is 5.60 Å². The zero-order valence-electron chi connectivity index (χ0n) is 11.4. The largest absolute Gasteiger partial charge is 0.390 e. The molecule has 0 amide bonds. The first-order valence-electron chi connectivity index (χ1n) is 6.70. The van der Waals surface area contributed by atoms with Crippen molar-refractivity contribution < 1.29 is 9.90 Å². The molecule has 2 heteroatoms. The highest BCUT2D eigenvalue weighted by atomic mass is 16.3. The fraction of sp³-hybridized carbons (Fsp3) is 0.800. The fourth-order valence-electron chi connectivity index (χ4n) is 3.81. The Morgan fingerprint density at radius 3 is 2.59 bits per heavy atom. The van der Waals surface area contributed by atoms with E-state index in [1.165, 1.54) is 5.57 Å². The number of hydrogen-bond donors (Lipinski definition) is 1. The first kappa shape index (κ1) is 12.8. The summed E-state index contributed by atoms with van der Waals surface area (Å²) in [7, 11) is 0. The van der Waals surface area contributed by atoms with E-state index in [0.29, 0.717) is 18.3 Å². The van der Waals surface area contributed by atoms with Gasteiger partial charge in [-0.05, 0) is 63.4 Å². The van der Waals surface area contributed by atoms with Crippen molar-refractivity contribution in [2.45, 2.75) is 59.0 Å². The quantitative estimate of drug-likeness (QED) is 0.759. The van der Waals surface area contributed by atoms with Gasteiger partial charge in [0.2, 0.25) is 0 Å². The van der Waals surface area contributed by atoms with Crippen molar-refractivity contribution in [1.82, 2.24) is 0 Å². The summed E-state index contributed by atoms with van der Waals surface area (Å²) < 4.78 is 0. The summed E-state index contributed by atoms with van der Waals surface area (Å²) in [6, 6.07) is 0. The number of ketones is 1. The standard InChI is InChI=1S/C15H24O2/c1-10-7-13(16)8-11(2)15(10)6-5-12(9-15)14(3,4)17/h7,11-12,17H,5-6,8-9H2,1-4H3/t11-,12+,15+/m1/s1. The Bertz CT molecular complexity index is 362. The van der Waals surface area contributed by atoms with Crippen LogP contribution in [0.5, 0.6) is 0 Å². The Morgan fingerprint density at radius 2 is 2.12 bits per heavy atom. The van der Waals surface area contributed by atoms with Gasteiger partial charge in [-0.15, -0.1) is 0 Å². The van der Waals surface area contributed by atoms with E-state index in [0.717, 1.165) is 19.3 Å². The van der Waals surface area contributed by atoms with Crippen molar-refractivity contribution >= 4 is 5.78 Å². The minimum absolute atomic E-state index is 0.179. The van der Waals surface area contributed by atoms with E-state index in [1.54, 1.807) is 0 Å². The number of allylic oxidation sites excluding steroid dienone is 2. The van der Waals surface area contributed by atoms with Crippen LogP contribution >= 0.6 is 0 Å². The molecule has 1 spiro atoms. The number of hydrogen-bond acceptors (Lipinski definition) is 2. The predicted molar refractivity (Wildman–Crippen MR) is 68.6 cm³/mol. The summed E-state index contributed by atoms with van der Waals surface area (Å²) in [4.78, 5) is 11.6. The molecule has 0 aromatic rings. The molecular formula is C15H24O2. The molecule has 0 saturated heterocycles. The average Bonchev–Trinajstić information content (AvgIpc) is 2.59.